The van der Waals surface area contributed by atoms with E-state index in [1.807, 2.05) is 30.3 Å². The quantitative estimate of drug-likeness (QED) is 0.296. The number of hydrogen-bond donors (Lipinski definition) is 2. The van der Waals surface area contributed by atoms with E-state index in [1.165, 1.54) is 7.11 Å². The molecule has 0 spiro atoms. The minimum atomic E-state index is -0.973. The maximum absolute atomic E-state index is 10.7. The van der Waals surface area contributed by atoms with Gasteiger partial charge >= 0.3 is 5.97 Å². The molecule has 0 radical (unpaired) electrons. The van der Waals surface area contributed by atoms with Gasteiger partial charge in [-0.25, -0.2) is 5.06 Å². The van der Waals surface area contributed by atoms with Crippen molar-refractivity contribution in [2.24, 2.45) is 10.9 Å². The van der Waals surface area contributed by atoms with Gasteiger partial charge in [0.1, 0.15) is 13.2 Å². The van der Waals surface area contributed by atoms with Gasteiger partial charge < -0.3 is 15.7 Å². The summed E-state index contributed by atoms with van der Waals surface area (Å²) in [5.74, 6) is -0.370. The van der Waals surface area contributed by atoms with Gasteiger partial charge in [0.25, 0.3) is 0 Å². The standard InChI is InChI=1S/C16H25N3O4/c1-13(18-22-2)19(11-7-6-10-15(17)16(20)21)23-12-14-8-4-3-5-9-14/h3-5,8-9,15H,6-7,10-12,17H2,1-2H3,(H,20,21)/t15-/m0/s1. The maximum atomic E-state index is 10.7. The van der Waals surface area contributed by atoms with Gasteiger partial charge in [-0.2, -0.15) is 0 Å². The fourth-order valence-corrected chi connectivity index (χ4v) is 1.97. The SMILES string of the molecule is CON=C(C)N(CCCC[C@H](N)C(=O)O)OCc1ccccc1. The molecule has 0 amide bonds. The van der Waals surface area contributed by atoms with E-state index in [9.17, 15) is 4.79 Å². The van der Waals surface area contributed by atoms with Crippen molar-refractivity contribution in [1.29, 1.82) is 0 Å². The zero-order valence-electron chi connectivity index (χ0n) is 13.6. The zero-order valence-corrected chi connectivity index (χ0v) is 13.6. The second-order valence-electron chi connectivity index (χ2n) is 5.12. The van der Waals surface area contributed by atoms with Crippen LogP contribution >= 0.6 is 0 Å². The number of amidine groups is 1. The van der Waals surface area contributed by atoms with Crippen LogP contribution in [0.2, 0.25) is 0 Å². The first-order chi connectivity index (χ1) is 11.0. The average molecular weight is 323 g/mol. The van der Waals surface area contributed by atoms with E-state index in [4.69, 9.17) is 20.5 Å². The van der Waals surface area contributed by atoms with Gasteiger partial charge in [0.2, 0.25) is 0 Å². The van der Waals surface area contributed by atoms with Crippen LogP contribution in [-0.4, -0.2) is 41.7 Å². The Labute approximate surface area is 136 Å². The van der Waals surface area contributed by atoms with Crippen LogP contribution in [0, 0.1) is 0 Å². The van der Waals surface area contributed by atoms with Crippen molar-refractivity contribution in [3.8, 4) is 0 Å². The number of carboxylic acids is 1. The molecule has 7 heteroatoms. The predicted octanol–water partition coefficient (Wildman–Crippen LogP) is 1.98. The van der Waals surface area contributed by atoms with E-state index in [-0.39, 0.29) is 0 Å². The molecular formula is C16H25N3O4. The highest BCUT2D eigenvalue weighted by Gasteiger charge is 2.12. The minimum absolute atomic E-state index is 0.423. The maximum Gasteiger partial charge on any atom is 0.320 e. The Morgan fingerprint density at radius 1 is 1.35 bits per heavy atom. The molecule has 23 heavy (non-hydrogen) atoms. The molecule has 7 nitrogen and oxygen atoms in total. The van der Waals surface area contributed by atoms with E-state index < -0.39 is 12.0 Å². The van der Waals surface area contributed by atoms with Gasteiger partial charge in [0, 0.05) is 6.54 Å². The van der Waals surface area contributed by atoms with Gasteiger partial charge in [0.05, 0.1) is 6.61 Å². The Balaban J connectivity index is 2.46. The third kappa shape index (κ3) is 7.62. The lowest BCUT2D eigenvalue weighted by Gasteiger charge is -2.23. The lowest BCUT2D eigenvalue weighted by atomic mass is 10.1. The first kappa shape index (κ1) is 18.9. The molecule has 1 atom stereocenters. The van der Waals surface area contributed by atoms with Crippen molar-refractivity contribution < 1.29 is 19.6 Å². The van der Waals surface area contributed by atoms with E-state index in [1.54, 1.807) is 12.0 Å². The van der Waals surface area contributed by atoms with Crippen LogP contribution in [0.4, 0.5) is 0 Å². The summed E-state index contributed by atoms with van der Waals surface area (Å²) in [4.78, 5) is 21.2. The Morgan fingerprint density at radius 3 is 2.65 bits per heavy atom. The van der Waals surface area contributed by atoms with E-state index in [2.05, 4.69) is 5.16 Å². The lowest BCUT2D eigenvalue weighted by molar-refractivity contribution is -0.138. The Hall–Kier alpha value is -2.12. The van der Waals surface area contributed by atoms with Crippen molar-refractivity contribution in [3.05, 3.63) is 35.9 Å². The molecular weight excluding hydrogens is 298 g/mol. The number of hydrogen-bond acceptors (Lipinski definition) is 5. The predicted molar refractivity (Wildman–Crippen MR) is 87.5 cm³/mol. The summed E-state index contributed by atoms with van der Waals surface area (Å²) in [7, 11) is 1.48. The van der Waals surface area contributed by atoms with Crippen LogP contribution in [0.25, 0.3) is 0 Å². The molecule has 0 unspecified atom stereocenters. The molecule has 0 bridgehead atoms. The van der Waals surface area contributed by atoms with Crippen molar-refractivity contribution >= 4 is 11.8 Å². The summed E-state index contributed by atoms with van der Waals surface area (Å²) in [6.07, 6.45) is 1.87. The summed E-state index contributed by atoms with van der Waals surface area (Å²) < 4.78 is 0. The van der Waals surface area contributed by atoms with Crippen LogP contribution in [0.1, 0.15) is 31.7 Å². The minimum Gasteiger partial charge on any atom is -0.480 e. The fraction of sp³-hybridized carbons (Fsp3) is 0.500. The third-order valence-corrected chi connectivity index (χ3v) is 3.26. The highest BCUT2D eigenvalue weighted by molar-refractivity contribution is 5.78. The van der Waals surface area contributed by atoms with E-state index in [0.717, 1.165) is 12.0 Å². The molecule has 0 aromatic heterocycles. The van der Waals surface area contributed by atoms with Crippen LogP contribution in [-0.2, 0) is 21.1 Å². The molecule has 0 saturated heterocycles. The number of aliphatic carboxylic acids is 1. The highest BCUT2D eigenvalue weighted by atomic mass is 16.7. The summed E-state index contributed by atoms with van der Waals surface area (Å²) in [5.41, 5.74) is 6.54. The summed E-state index contributed by atoms with van der Waals surface area (Å²) in [6, 6.07) is 8.99. The number of benzene rings is 1. The number of nitrogens with two attached hydrogens (primary N) is 1. The summed E-state index contributed by atoms with van der Waals surface area (Å²) in [5, 5.41) is 14.3. The first-order valence-electron chi connectivity index (χ1n) is 7.55. The number of hydroxylamine groups is 2. The monoisotopic (exact) mass is 323 g/mol. The number of oxime groups is 1. The van der Waals surface area contributed by atoms with Gasteiger partial charge in [-0.3, -0.25) is 9.63 Å². The normalized spacial score (nSPS) is 12.7. The van der Waals surface area contributed by atoms with Crippen molar-refractivity contribution in [2.45, 2.75) is 38.8 Å². The summed E-state index contributed by atoms with van der Waals surface area (Å²) >= 11 is 0. The average Bonchev–Trinajstić information content (AvgIpc) is 2.54. The molecule has 0 fully saturated rings. The molecule has 3 N–H and O–H groups in total. The second kappa shape index (κ2) is 10.6. The number of carbonyl (C=O) groups is 1. The van der Waals surface area contributed by atoms with Crippen LogP contribution in [0.5, 0.6) is 0 Å². The molecule has 128 valence electrons. The molecule has 1 aromatic rings. The Kier molecular flexibility index (Phi) is 8.71. The Morgan fingerprint density at radius 2 is 2.04 bits per heavy atom. The topological polar surface area (TPSA) is 97.4 Å². The number of carboxylic acid groups (broad SMARTS) is 1. The zero-order chi connectivity index (χ0) is 17.1. The van der Waals surface area contributed by atoms with E-state index >= 15 is 0 Å². The van der Waals surface area contributed by atoms with Gasteiger partial charge in [0.15, 0.2) is 5.84 Å². The van der Waals surface area contributed by atoms with E-state index in [0.29, 0.717) is 31.8 Å². The molecule has 0 aliphatic carbocycles. The molecule has 1 aromatic carbocycles. The van der Waals surface area contributed by atoms with Gasteiger partial charge in [-0.05, 0) is 31.7 Å². The molecule has 0 saturated carbocycles. The van der Waals surface area contributed by atoms with Crippen molar-refractivity contribution in [2.75, 3.05) is 13.7 Å². The smallest absolute Gasteiger partial charge is 0.320 e. The number of nitrogens with zero attached hydrogens (tertiary/aromatic N) is 2. The highest BCUT2D eigenvalue weighted by Crippen LogP contribution is 2.07. The molecule has 0 heterocycles. The number of rotatable bonds is 10. The van der Waals surface area contributed by atoms with Crippen LogP contribution < -0.4 is 5.73 Å². The molecule has 1 rings (SSSR count). The number of unbranched alkanes of at least 4 members (excludes halogenated alkanes) is 1. The fourth-order valence-electron chi connectivity index (χ4n) is 1.97. The van der Waals surface area contributed by atoms with Crippen molar-refractivity contribution in [3.63, 3.8) is 0 Å². The third-order valence-electron chi connectivity index (χ3n) is 3.26. The van der Waals surface area contributed by atoms with Crippen LogP contribution in [0.15, 0.2) is 35.5 Å². The lowest BCUT2D eigenvalue weighted by Crippen LogP contribution is -2.32. The van der Waals surface area contributed by atoms with Crippen molar-refractivity contribution in [1.82, 2.24) is 5.06 Å². The molecule has 0 aliphatic rings. The van der Waals surface area contributed by atoms with Gasteiger partial charge in [-0.1, -0.05) is 35.5 Å². The largest absolute Gasteiger partial charge is 0.480 e. The second-order valence-corrected chi connectivity index (χ2v) is 5.12. The van der Waals surface area contributed by atoms with Gasteiger partial charge in [-0.15, -0.1) is 0 Å². The summed E-state index contributed by atoms with van der Waals surface area (Å²) in [6.45, 7) is 2.79. The first-order valence-corrected chi connectivity index (χ1v) is 7.55. The molecule has 0 aliphatic heterocycles. The Bertz CT molecular complexity index is 493. The van der Waals surface area contributed by atoms with Crippen LogP contribution in [0.3, 0.4) is 0 Å².